The van der Waals surface area contributed by atoms with Crippen LogP contribution in [0.5, 0.6) is 0 Å². The minimum absolute atomic E-state index is 0.0841. The van der Waals surface area contributed by atoms with Gasteiger partial charge in [0.1, 0.15) is 23.4 Å². The Balaban J connectivity index is 1.96. The number of rotatable bonds is 7. The van der Waals surface area contributed by atoms with Gasteiger partial charge in [0.2, 0.25) is 0 Å². The summed E-state index contributed by atoms with van der Waals surface area (Å²) in [6, 6.07) is 10.5. The van der Waals surface area contributed by atoms with Gasteiger partial charge in [-0.15, -0.1) is 0 Å². The van der Waals surface area contributed by atoms with Crippen molar-refractivity contribution in [2.75, 3.05) is 12.0 Å². The summed E-state index contributed by atoms with van der Waals surface area (Å²) in [5.74, 6) is -2.55. The number of carboxylic acids is 1. The summed E-state index contributed by atoms with van der Waals surface area (Å²) in [5, 5.41) is 14.5. The van der Waals surface area contributed by atoms with E-state index in [1.807, 2.05) is 30.3 Å². The van der Waals surface area contributed by atoms with E-state index in [-0.39, 0.29) is 18.8 Å². The molecule has 0 aliphatic heterocycles. The molecule has 0 spiro atoms. The molecule has 0 aliphatic rings. The fourth-order valence-corrected chi connectivity index (χ4v) is 2.47. The van der Waals surface area contributed by atoms with E-state index in [0.29, 0.717) is 4.47 Å². The average molecular weight is 385 g/mol. The van der Waals surface area contributed by atoms with Gasteiger partial charge in [0.15, 0.2) is 0 Å². The number of aliphatic carboxylic acids is 1. The Morgan fingerprint density at radius 1 is 1.17 bits per heavy atom. The molecule has 0 radical (unpaired) electrons. The van der Waals surface area contributed by atoms with Gasteiger partial charge in [-0.05, 0) is 24.1 Å². The average Bonchev–Trinajstić information content (AvgIpc) is 2.49. The van der Waals surface area contributed by atoms with Gasteiger partial charge in [0.25, 0.3) is 0 Å². The molecule has 0 fully saturated rings. The second-order valence-corrected chi connectivity index (χ2v) is 5.80. The van der Waals surface area contributed by atoms with Crippen molar-refractivity contribution in [2.45, 2.75) is 12.5 Å². The minimum Gasteiger partial charge on any atom is -0.480 e. The smallest absolute Gasteiger partial charge is 0.321 e. The lowest BCUT2D eigenvalue weighted by Crippen LogP contribution is -2.41. The van der Waals surface area contributed by atoms with Crippen LogP contribution in [0.1, 0.15) is 5.56 Å². The first-order valence-corrected chi connectivity index (χ1v) is 7.65. The summed E-state index contributed by atoms with van der Waals surface area (Å²) in [5.41, 5.74) is 0.554. The molecule has 23 heavy (non-hydrogen) atoms. The lowest BCUT2D eigenvalue weighted by Gasteiger charge is -2.16. The molecule has 2 aromatic rings. The Labute approximate surface area is 140 Å². The maximum Gasteiger partial charge on any atom is 0.321 e. The van der Waals surface area contributed by atoms with Crippen molar-refractivity contribution in [3.63, 3.8) is 0 Å². The molecule has 4 nitrogen and oxygen atoms in total. The molecule has 1 atom stereocenters. The summed E-state index contributed by atoms with van der Waals surface area (Å²) in [6.07, 6.45) is 0.267. The molecule has 0 bridgehead atoms. The molecule has 0 aliphatic carbocycles. The zero-order valence-corrected chi connectivity index (χ0v) is 13.6. The van der Waals surface area contributed by atoms with Crippen LogP contribution in [0.4, 0.5) is 14.5 Å². The van der Waals surface area contributed by atoms with Crippen LogP contribution >= 0.6 is 15.9 Å². The van der Waals surface area contributed by atoms with Gasteiger partial charge in [0.05, 0.1) is 6.67 Å². The number of benzene rings is 2. The molecule has 122 valence electrons. The molecule has 0 heterocycles. The molecule has 2 rings (SSSR count). The molecule has 0 unspecified atom stereocenters. The highest BCUT2D eigenvalue weighted by Gasteiger charge is 2.17. The summed E-state index contributed by atoms with van der Waals surface area (Å²) < 4.78 is 27.6. The third-order valence-electron chi connectivity index (χ3n) is 3.20. The van der Waals surface area contributed by atoms with E-state index in [9.17, 15) is 18.7 Å². The molecule has 7 heteroatoms. The van der Waals surface area contributed by atoms with Crippen LogP contribution in [0.2, 0.25) is 0 Å². The van der Waals surface area contributed by atoms with E-state index >= 15 is 0 Å². The number of anilines is 1. The molecule has 0 saturated heterocycles. The standard InChI is InChI=1S/C16H15BrF2N2O2/c17-11-7-12(18)15(13(19)8-11)21-9-20-14(16(22)23)6-10-4-2-1-3-5-10/h1-5,7-8,14,20-21H,6,9H2,(H,22,23)/t14-/m0/s1. The van der Waals surface area contributed by atoms with E-state index in [0.717, 1.165) is 17.7 Å². The Morgan fingerprint density at radius 2 is 1.78 bits per heavy atom. The van der Waals surface area contributed by atoms with E-state index in [1.165, 1.54) is 0 Å². The molecule has 3 N–H and O–H groups in total. The number of carbonyl (C=O) groups is 1. The first-order valence-electron chi connectivity index (χ1n) is 6.86. The maximum atomic E-state index is 13.7. The first-order chi connectivity index (χ1) is 11.0. The van der Waals surface area contributed by atoms with Crippen molar-refractivity contribution in [1.29, 1.82) is 0 Å². The summed E-state index contributed by atoms with van der Waals surface area (Å²) in [7, 11) is 0. The Bertz CT molecular complexity index is 660. The van der Waals surface area contributed by atoms with E-state index < -0.39 is 23.6 Å². The molecular weight excluding hydrogens is 370 g/mol. The number of hydrogen-bond donors (Lipinski definition) is 3. The number of carboxylic acid groups (broad SMARTS) is 1. The van der Waals surface area contributed by atoms with Crippen LogP contribution in [-0.2, 0) is 11.2 Å². The van der Waals surface area contributed by atoms with Gasteiger partial charge < -0.3 is 10.4 Å². The van der Waals surface area contributed by atoms with E-state index in [1.54, 1.807) is 0 Å². The summed E-state index contributed by atoms with van der Waals surface area (Å²) in [6.45, 7) is -0.0841. The molecule has 0 saturated carbocycles. The Kier molecular flexibility index (Phi) is 6.06. The van der Waals surface area contributed by atoms with Crippen molar-refractivity contribution < 1.29 is 18.7 Å². The third-order valence-corrected chi connectivity index (χ3v) is 3.66. The molecule has 0 amide bonds. The zero-order valence-electron chi connectivity index (χ0n) is 12.0. The van der Waals surface area contributed by atoms with Gasteiger partial charge >= 0.3 is 5.97 Å². The lowest BCUT2D eigenvalue weighted by atomic mass is 10.1. The Morgan fingerprint density at radius 3 is 2.35 bits per heavy atom. The SMILES string of the molecule is O=C(O)[C@H](Cc1ccccc1)NCNc1c(F)cc(Br)cc1F. The summed E-state index contributed by atoms with van der Waals surface area (Å²) >= 11 is 2.99. The lowest BCUT2D eigenvalue weighted by molar-refractivity contribution is -0.139. The van der Waals surface area contributed by atoms with Crippen LogP contribution in [0.15, 0.2) is 46.9 Å². The van der Waals surface area contributed by atoms with Gasteiger partial charge in [-0.3, -0.25) is 10.1 Å². The van der Waals surface area contributed by atoms with Crippen LogP contribution in [-0.4, -0.2) is 23.8 Å². The highest BCUT2D eigenvalue weighted by Crippen LogP contribution is 2.23. The van der Waals surface area contributed by atoms with Crippen molar-refractivity contribution in [2.24, 2.45) is 0 Å². The zero-order chi connectivity index (χ0) is 16.8. The fraction of sp³-hybridized carbons (Fsp3) is 0.188. The highest BCUT2D eigenvalue weighted by molar-refractivity contribution is 9.10. The van der Waals surface area contributed by atoms with Crippen molar-refractivity contribution in [3.05, 3.63) is 64.1 Å². The monoisotopic (exact) mass is 384 g/mol. The van der Waals surface area contributed by atoms with Gasteiger partial charge in [0, 0.05) is 4.47 Å². The largest absolute Gasteiger partial charge is 0.480 e. The van der Waals surface area contributed by atoms with Crippen LogP contribution in [0, 0.1) is 11.6 Å². The number of halogens is 3. The highest BCUT2D eigenvalue weighted by atomic mass is 79.9. The quantitative estimate of drug-likeness (QED) is 0.640. The fourth-order valence-electron chi connectivity index (χ4n) is 2.07. The molecular formula is C16H15BrF2N2O2. The predicted molar refractivity (Wildman–Crippen MR) is 87.3 cm³/mol. The topological polar surface area (TPSA) is 61.4 Å². The van der Waals surface area contributed by atoms with Crippen LogP contribution < -0.4 is 10.6 Å². The van der Waals surface area contributed by atoms with Crippen molar-refractivity contribution >= 4 is 27.6 Å². The van der Waals surface area contributed by atoms with E-state index in [2.05, 4.69) is 26.6 Å². The van der Waals surface area contributed by atoms with E-state index in [4.69, 9.17) is 0 Å². The first kappa shape index (κ1) is 17.4. The van der Waals surface area contributed by atoms with Crippen molar-refractivity contribution in [3.8, 4) is 0 Å². The second-order valence-electron chi connectivity index (χ2n) is 4.88. The maximum absolute atomic E-state index is 13.7. The molecule has 2 aromatic carbocycles. The summed E-state index contributed by atoms with van der Waals surface area (Å²) in [4.78, 5) is 11.3. The second kappa shape index (κ2) is 8.03. The Hall–Kier alpha value is -1.99. The normalized spacial score (nSPS) is 12.0. The molecule has 0 aromatic heterocycles. The van der Waals surface area contributed by atoms with Gasteiger partial charge in [-0.25, -0.2) is 8.78 Å². The minimum atomic E-state index is -1.03. The number of nitrogens with one attached hydrogen (secondary N) is 2. The predicted octanol–water partition coefficient (Wildman–Crippen LogP) is 3.38. The van der Waals surface area contributed by atoms with Gasteiger partial charge in [-0.1, -0.05) is 46.3 Å². The number of hydrogen-bond acceptors (Lipinski definition) is 3. The van der Waals surface area contributed by atoms with Crippen LogP contribution in [0.3, 0.4) is 0 Å². The van der Waals surface area contributed by atoms with Crippen molar-refractivity contribution in [1.82, 2.24) is 5.32 Å². The van der Waals surface area contributed by atoms with Gasteiger partial charge in [-0.2, -0.15) is 0 Å². The van der Waals surface area contributed by atoms with Crippen LogP contribution in [0.25, 0.3) is 0 Å². The third kappa shape index (κ3) is 5.01.